The Morgan fingerprint density at radius 3 is 2.35 bits per heavy atom. The zero-order chi connectivity index (χ0) is 12.7. The summed E-state index contributed by atoms with van der Waals surface area (Å²) in [5.74, 6) is -1.11. The van der Waals surface area contributed by atoms with Crippen molar-refractivity contribution in [2.24, 2.45) is 0 Å². The topological polar surface area (TPSA) is 52.6 Å². The van der Waals surface area contributed by atoms with Gasteiger partial charge < -0.3 is 9.47 Å². The van der Waals surface area contributed by atoms with Gasteiger partial charge in [-0.15, -0.1) is 11.3 Å². The van der Waals surface area contributed by atoms with Crippen LogP contribution in [0.25, 0.3) is 0 Å². The minimum atomic E-state index is -0.559. The lowest BCUT2D eigenvalue weighted by atomic mass is 10.2. The molecule has 17 heavy (non-hydrogen) atoms. The highest BCUT2D eigenvalue weighted by molar-refractivity contribution is 7.12. The summed E-state index contributed by atoms with van der Waals surface area (Å²) in [5.41, 5.74) is 0.214. The van der Waals surface area contributed by atoms with Crippen molar-refractivity contribution in [3.8, 4) is 0 Å². The Balaban J connectivity index is 2.77. The van der Waals surface area contributed by atoms with Crippen molar-refractivity contribution in [3.05, 3.63) is 47.2 Å². The first-order chi connectivity index (χ1) is 8.20. The number of rotatable bonds is 6. The molecule has 0 amide bonds. The molecular formula is C12H12O4S. The average Bonchev–Trinajstić information content (AvgIpc) is 2.82. The van der Waals surface area contributed by atoms with Crippen molar-refractivity contribution in [3.63, 3.8) is 0 Å². The van der Waals surface area contributed by atoms with Crippen LogP contribution in [0.1, 0.15) is 20.0 Å². The second-order valence-electron chi connectivity index (χ2n) is 2.94. The van der Waals surface area contributed by atoms with Gasteiger partial charge in [0.25, 0.3) is 0 Å². The highest BCUT2D eigenvalue weighted by atomic mass is 32.1. The van der Waals surface area contributed by atoms with Crippen LogP contribution in [0.15, 0.2) is 36.8 Å². The first kappa shape index (κ1) is 13.2. The molecule has 1 aromatic heterocycles. The van der Waals surface area contributed by atoms with Gasteiger partial charge >= 0.3 is 11.9 Å². The molecule has 1 heterocycles. The number of carbonyl (C=O) groups is 2. The molecule has 4 nitrogen and oxygen atoms in total. The van der Waals surface area contributed by atoms with Gasteiger partial charge in [0.2, 0.25) is 0 Å². The predicted octanol–water partition coefficient (Wildman–Crippen LogP) is 2.43. The largest absolute Gasteiger partial charge is 0.458 e. The van der Waals surface area contributed by atoms with E-state index in [0.717, 1.165) is 11.3 Å². The lowest BCUT2D eigenvalue weighted by Crippen LogP contribution is -2.11. The number of hydrogen-bond donors (Lipinski definition) is 0. The molecule has 0 aromatic carbocycles. The number of esters is 2. The molecule has 0 saturated heterocycles. The normalized spacial score (nSPS) is 9.41. The van der Waals surface area contributed by atoms with Crippen LogP contribution in [0.5, 0.6) is 0 Å². The lowest BCUT2D eigenvalue weighted by molar-refractivity contribution is 0.0508. The Bertz CT molecular complexity index is 395. The van der Waals surface area contributed by atoms with Gasteiger partial charge in [-0.2, -0.15) is 0 Å². The zero-order valence-corrected chi connectivity index (χ0v) is 10.00. The zero-order valence-electron chi connectivity index (χ0n) is 9.18. The van der Waals surface area contributed by atoms with Crippen LogP contribution in [-0.4, -0.2) is 25.2 Å². The molecule has 0 radical (unpaired) electrons. The van der Waals surface area contributed by atoms with Crippen LogP contribution in [0.2, 0.25) is 0 Å². The van der Waals surface area contributed by atoms with Crippen LogP contribution in [-0.2, 0) is 9.47 Å². The highest BCUT2D eigenvalue weighted by Crippen LogP contribution is 2.19. The third kappa shape index (κ3) is 3.57. The molecule has 0 spiro atoms. The van der Waals surface area contributed by atoms with Crippen molar-refractivity contribution in [1.29, 1.82) is 0 Å². The minimum absolute atomic E-state index is 0.107. The van der Waals surface area contributed by atoms with E-state index in [4.69, 9.17) is 9.47 Å². The van der Waals surface area contributed by atoms with Gasteiger partial charge in [0, 0.05) is 0 Å². The molecule has 0 N–H and O–H groups in total. The minimum Gasteiger partial charge on any atom is -0.458 e. The van der Waals surface area contributed by atoms with Gasteiger partial charge in [-0.25, -0.2) is 9.59 Å². The summed E-state index contributed by atoms with van der Waals surface area (Å²) in [7, 11) is 0. The Kier molecular flexibility index (Phi) is 5.16. The molecule has 0 atom stereocenters. The average molecular weight is 252 g/mol. The molecule has 1 aromatic rings. The third-order valence-corrected chi connectivity index (χ3v) is 2.63. The van der Waals surface area contributed by atoms with Crippen molar-refractivity contribution < 1.29 is 19.1 Å². The molecule has 5 heteroatoms. The summed E-state index contributed by atoms with van der Waals surface area (Å²) in [6.45, 7) is 7.09. The first-order valence-electron chi connectivity index (χ1n) is 4.84. The van der Waals surface area contributed by atoms with Gasteiger partial charge in [0.15, 0.2) is 0 Å². The molecular weight excluding hydrogens is 240 g/mol. The van der Waals surface area contributed by atoms with E-state index in [0.29, 0.717) is 0 Å². The standard InChI is InChI=1S/C12H12O4S/c1-3-6-15-11(13)9-5-8-17-10(9)12(14)16-7-4-2/h3-5,8H,1-2,6-7H2. The number of carbonyl (C=O) groups excluding carboxylic acids is 2. The molecule has 90 valence electrons. The monoisotopic (exact) mass is 252 g/mol. The van der Waals surface area contributed by atoms with E-state index in [1.807, 2.05) is 0 Å². The molecule has 0 saturated carbocycles. The summed E-state index contributed by atoms with van der Waals surface area (Å²) in [6.07, 6.45) is 2.92. The summed E-state index contributed by atoms with van der Waals surface area (Å²) in [5, 5.41) is 1.63. The predicted molar refractivity (Wildman–Crippen MR) is 65.3 cm³/mol. The van der Waals surface area contributed by atoms with Gasteiger partial charge in [-0.1, -0.05) is 25.3 Å². The molecule has 0 fully saturated rings. The smallest absolute Gasteiger partial charge is 0.349 e. The van der Waals surface area contributed by atoms with Crippen LogP contribution < -0.4 is 0 Å². The second kappa shape index (κ2) is 6.65. The van der Waals surface area contributed by atoms with Gasteiger partial charge in [0.05, 0.1) is 5.56 Å². The number of thiophene rings is 1. The molecule has 1 rings (SSSR count). The number of ether oxygens (including phenoxy) is 2. The van der Waals surface area contributed by atoms with Crippen LogP contribution in [0, 0.1) is 0 Å². The quantitative estimate of drug-likeness (QED) is 0.576. The maximum absolute atomic E-state index is 11.6. The number of hydrogen-bond acceptors (Lipinski definition) is 5. The Hall–Kier alpha value is -1.88. The van der Waals surface area contributed by atoms with Crippen LogP contribution >= 0.6 is 11.3 Å². The van der Waals surface area contributed by atoms with E-state index >= 15 is 0 Å². The summed E-state index contributed by atoms with van der Waals surface area (Å²) in [4.78, 5) is 23.4. The van der Waals surface area contributed by atoms with Crippen LogP contribution in [0.3, 0.4) is 0 Å². The fourth-order valence-corrected chi connectivity index (χ4v) is 1.81. The SMILES string of the molecule is C=CCOC(=O)c1ccsc1C(=O)OCC=C. The van der Waals surface area contributed by atoms with E-state index in [2.05, 4.69) is 13.2 Å². The molecule has 0 aliphatic heterocycles. The van der Waals surface area contributed by atoms with Crippen molar-refractivity contribution in [2.45, 2.75) is 0 Å². The lowest BCUT2D eigenvalue weighted by Gasteiger charge is -2.03. The molecule has 0 unspecified atom stereocenters. The molecule has 0 bridgehead atoms. The Morgan fingerprint density at radius 2 is 1.76 bits per heavy atom. The summed E-state index contributed by atoms with van der Waals surface area (Å²) >= 11 is 1.13. The van der Waals surface area contributed by atoms with Crippen molar-refractivity contribution >= 4 is 23.3 Å². The first-order valence-corrected chi connectivity index (χ1v) is 5.72. The maximum Gasteiger partial charge on any atom is 0.349 e. The van der Waals surface area contributed by atoms with E-state index in [-0.39, 0.29) is 23.7 Å². The van der Waals surface area contributed by atoms with Gasteiger partial charge in [-0.3, -0.25) is 0 Å². The Morgan fingerprint density at radius 1 is 1.18 bits per heavy atom. The van der Waals surface area contributed by atoms with E-state index < -0.39 is 11.9 Å². The second-order valence-corrected chi connectivity index (χ2v) is 3.85. The van der Waals surface area contributed by atoms with E-state index in [9.17, 15) is 9.59 Å². The van der Waals surface area contributed by atoms with Crippen molar-refractivity contribution in [1.82, 2.24) is 0 Å². The summed E-state index contributed by atoms with van der Waals surface area (Å²) < 4.78 is 9.71. The Labute approximate surface area is 103 Å². The van der Waals surface area contributed by atoms with Gasteiger partial charge in [0.1, 0.15) is 18.1 Å². The highest BCUT2D eigenvalue weighted by Gasteiger charge is 2.20. The van der Waals surface area contributed by atoms with E-state index in [1.165, 1.54) is 18.2 Å². The fraction of sp³-hybridized carbons (Fsp3) is 0.167. The van der Waals surface area contributed by atoms with Crippen LogP contribution in [0.4, 0.5) is 0 Å². The third-order valence-electron chi connectivity index (χ3n) is 1.74. The van der Waals surface area contributed by atoms with Crippen molar-refractivity contribution in [2.75, 3.05) is 13.2 Å². The summed E-state index contributed by atoms with van der Waals surface area (Å²) in [6, 6.07) is 1.53. The molecule has 0 aliphatic carbocycles. The van der Waals surface area contributed by atoms with Gasteiger partial charge in [-0.05, 0) is 11.4 Å². The van der Waals surface area contributed by atoms with E-state index in [1.54, 1.807) is 5.38 Å². The molecule has 0 aliphatic rings. The maximum atomic E-state index is 11.6. The fourth-order valence-electron chi connectivity index (χ4n) is 1.04.